The van der Waals surface area contributed by atoms with E-state index in [1.807, 2.05) is 32.1 Å². The summed E-state index contributed by atoms with van der Waals surface area (Å²) in [4.78, 5) is 18.1. The Balaban J connectivity index is 0.00000529. The fourth-order valence-corrected chi connectivity index (χ4v) is 2.58. The summed E-state index contributed by atoms with van der Waals surface area (Å²) in [5.41, 5.74) is 1.15. The maximum Gasteiger partial charge on any atom is 0.241 e. The molecule has 0 bridgehead atoms. The van der Waals surface area contributed by atoms with Crippen molar-refractivity contribution < 1.29 is 9.53 Å². The van der Waals surface area contributed by atoms with E-state index < -0.39 is 0 Å². The van der Waals surface area contributed by atoms with Crippen molar-refractivity contribution in [3.05, 3.63) is 22.4 Å². The highest BCUT2D eigenvalue weighted by Gasteiger charge is 2.10. The van der Waals surface area contributed by atoms with Gasteiger partial charge in [-0.15, -0.1) is 24.0 Å². The molecule has 0 unspecified atom stereocenters. The van der Waals surface area contributed by atoms with E-state index in [-0.39, 0.29) is 36.4 Å². The molecule has 0 aliphatic heterocycles. The van der Waals surface area contributed by atoms with Gasteiger partial charge in [0, 0.05) is 50.7 Å². The summed E-state index contributed by atoms with van der Waals surface area (Å²) < 4.78 is 8.00. The van der Waals surface area contributed by atoms with Crippen LogP contribution in [-0.2, 0) is 23.1 Å². The molecule has 0 radical (unpaired) electrons. The number of nitrogens with one attached hydrogen (secondary N) is 2. The van der Waals surface area contributed by atoms with Crippen molar-refractivity contribution in [2.75, 3.05) is 40.4 Å². The van der Waals surface area contributed by atoms with Crippen LogP contribution in [0.3, 0.4) is 0 Å². The molecule has 0 aromatic carbocycles. The van der Waals surface area contributed by atoms with Gasteiger partial charge in [-0.1, -0.05) is 0 Å². The lowest BCUT2D eigenvalue weighted by Crippen LogP contribution is -2.40. The van der Waals surface area contributed by atoms with Crippen molar-refractivity contribution >= 4 is 51.8 Å². The van der Waals surface area contributed by atoms with Gasteiger partial charge in [-0.3, -0.25) is 4.79 Å². The van der Waals surface area contributed by atoms with E-state index in [0.29, 0.717) is 25.7 Å². The molecule has 0 saturated carbocycles. The summed E-state index contributed by atoms with van der Waals surface area (Å²) >= 11 is 3.47. The van der Waals surface area contributed by atoms with Gasteiger partial charge in [-0.05, 0) is 28.9 Å². The zero-order valence-corrected chi connectivity index (χ0v) is 18.6. The highest BCUT2D eigenvalue weighted by atomic mass is 127. The highest BCUT2D eigenvalue weighted by molar-refractivity contribution is 14.0. The van der Waals surface area contributed by atoms with Gasteiger partial charge in [0.15, 0.2) is 5.96 Å². The van der Waals surface area contributed by atoms with Gasteiger partial charge in [0.2, 0.25) is 5.91 Å². The predicted octanol–water partition coefficient (Wildman–Crippen LogP) is 1.57. The molecule has 0 aliphatic carbocycles. The second-order valence-electron chi connectivity index (χ2n) is 5.13. The third-order valence-corrected chi connectivity index (χ3v) is 3.60. The third kappa shape index (κ3) is 8.34. The molecule has 0 aliphatic rings. The van der Waals surface area contributed by atoms with Crippen LogP contribution in [0.1, 0.15) is 12.6 Å². The Morgan fingerprint density at radius 3 is 2.71 bits per heavy atom. The first-order chi connectivity index (χ1) is 11.0. The lowest BCUT2D eigenvalue weighted by molar-refractivity contribution is -0.119. The molecular formula is C15H27BrIN5O2. The number of guanidine groups is 1. The standard InChI is InChI=1S/C15H26BrN5O2.HI/c1-5-17-15(19-9-14(22)18-6-7-23-4)21(3)11-13-8-12(16)10-20(13)2;/h8,10H,5-7,9,11H2,1-4H3,(H,17,19)(H,18,22);1H. The van der Waals surface area contributed by atoms with Crippen LogP contribution < -0.4 is 10.6 Å². The maximum atomic E-state index is 11.7. The van der Waals surface area contributed by atoms with Crippen molar-refractivity contribution in [2.45, 2.75) is 13.5 Å². The summed E-state index contributed by atoms with van der Waals surface area (Å²) in [5, 5.41) is 5.96. The van der Waals surface area contributed by atoms with Crippen LogP contribution in [0.2, 0.25) is 0 Å². The highest BCUT2D eigenvalue weighted by Crippen LogP contribution is 2.14. The van der Waals surface area contributed by atoms with Crippen molar-refractivity contribution in [1.29, 1.82) is 0 Å². The Bertz CT molecular complexity index is 536. The van der Waals surface area contributed by atoms with E-state index in [1.165, 1.54) is 0 Å². The zero-order valence-electron chi connectivity index (χ0n) is 14.6. The topological polar surface area (TPSA) is 70.9 Å². The predicted molar refractivity (Wildman–Crippen MR) is 111 cm³/mol. The smallest absolute Gasteiger partial charge is 0.241 e. The van der Waals surface area contributed by atoms with Crippen molar-refractivity contribution in [3.8, 4) is 0 Å². The van der Waals surface area contributed by atoms with Crippen LogP contribution in [0.5, 0.6) is 0 Å². The number of aryl methyl sites for hydroxylation is 1. The van der Waals surface area contributed by atoms with Crippen LogP contribution in [0.4, 0.5) is 0 Å². The zero-order chi connectivity index (χ0) is 17.2. The third-order valence-electron chi connectivity index (χ3n) is 3.17. The Morgan fingerprint density at radius 1 is 1.46 bits per heavy atom. The Kier molecular flexibility index (Phi) is 12.1. The van der Waals surface area contributed by atoms with E-state index in [1.54, 1.807) is 7.11 Å². The first-order valence-electron chi connectivity index (χ1n) is 7.53. The number of amides is 1. The molecule has 7 nitrogen and oxygen atoms in total. The van der Waals surface area contributed by atoms with Crippen molar-refractivity contribution in [1.82, 2.24) is 20.1 Å². The number of hydrogen-bond acceptors (Lipinski definition) is 3. The molecule has 1 heterocycles. The molecule has 9 heteroatoms. The SMILES string of the molecule is CCNC(=NCC(=O)NCCOC)N(C)Cc1cc(Br)cn1C.I. The number of aromatic nitrogens is 1. The van der Waals surface area contributed by atoms with Gasteiger partial charge >= 0.3 is 0 Å². The number of ether oxygens (including phenoxy) is 1. The minimum atomic E-state index is -0.118. The van der Waals surface area contributed by atoms with Crippen LogP contribution in [0.15, 0.2) is 21.7 Å². The second-order valence-corrected chi connectivity index (χ2v) is 6.05. The maximum absolute atomic E-state index is 11.7. The van der Waals surface area contributed by atoms with E-state index in [2.05, 4.69) is 42.2 Å². The molecule has 1 amide bonds. The van der Waals surface area contributed by atoms with E-state index in [9.17, 15) is 4.79 Å². The van der Waals surface area contributed by atoms with Gasteiger partial charge in [0.25, 0.3) is 0 Å². The fraction of sp³-hybridized carbons (Fsp3) is 0.600. The van der Waals surface area contributed by atoms with E-state index >= 15 is 0 Å². The Morgan fingerprint density at radius 2 is 2.17 bits per heavy atom. The largest absolute Gasteiger partial charge is 0.383 e. The van der Waals surface area contributed by atoms with Crippen LogP contribution in [0.25, 0.3) is 0 Å². The quantitative estimate of drug-likeness (QED) is 0.238. The number of aliphatic imine (C=N–C) groups is 1. The Hall–Kier alpha value is -0.810. The molecule has 1 aromatic heterocycles. The number of carbonyl (C=O) groups excluding carboxylic acids is 1. The van der Waals surface area contributed by atoms with Crippen molar-refractivity contribution in [3.63, 3.8) is 0 Å². The number of hydrogen-bond donors (Lipinski definition) is 2. The first-order valence-corrected chi connectivity index (χ1v) is 8.33. The molecule has 2 N–H and O–H groups in total. The lowest BCUT2D eigenvalue weighted by atomic mass is 10.4. The lowest BCUT2D eigenvalue weighted by Gasteiger charge is -2.22. The molecule has 1 rings (SSSR count). The summed E-state index contributed by atoms with van der Waals surface area (Å²) in [6, 6.07) is 2.07. The first kappa shape index (κ1) is 23.2. The average molecular weight is 516 g/mol. The van der Waals surface area contributed by atoms with Gasteiger partial charge in [0.05, 0.1) is 13.2 Å². The monoisotopic (exact) mass is 515 g/mol. The normalized spacial score (nSPS) is 11.0. The molecule has 24 heavy (non-hydrogen) atoms. The fourth-order valence-electron chi connectivity index (χ4n) is 2.01. The minimum absolute atomic E-state index is 0. The average Bonchev–Trinajstić information content (AvgIpc) is 2.81. The number of halogens is 2. The summed E-state index contributed by atoms with van der Waals surface area (Å²) in [6.07, 6.45) is 2.01. The van der Waals surface area contributed by atoms with Gasteiger partial charge in [-0.25, -0.2) is 4.99 Å². The summed E-state index contributed by atoms with van der Waals surface area (Å²) in [6.45, 7) is 4.52. The number of nitrogens with zero attached hydrogens (tertiary/aromatic N) is 3. The summed E-state index contributed by atoms with van der Waals surface area (Å²) in [7, 11) is 5.55. The van der Waals surface area contributed by atoms with Crippen molar-refractivity contribution in [2.24, 2.45) is 12.0 Å². The molecular weight excluding hydrogens is 489 g/mol. The second kappa shape index (κ2) is 12.5. The molecule has 138 valence electrons. The molecule has 0 saturated heterocycles. The molecule has 0 atom stereocenters. The van der Waals surface area contributed by atoms with E-state index in [4.69, 9.17) is 4.74 Å². The molecule has 0 fully saturated rings. The summed E-state index contributed by atoms with van der Waals surface area (Å²) in [5.74, 6) is 0.583. The van der Waals surface area contributed by atoms with Crippen LogP contribution in [-0.4, -0.2) is 61.7 Å². The van der Waals surface area contributed by atoms with Gasteiger partial charge in [0.1, 0.15) is 6.54 Å². The number of rotatable bonds is 8. The minimum Gasteiger partial charge on any atom is -0.383 e. The van der Waals surface area contributed by atoms with Gasteiger partial charge < -0.3 is 24.8 Å². The molecule has 0 spiro atoms. The van der Waals surface area contributed by atoms with E-state index in [0.717, 1.165) is 16.7 Å². The van der Waals surface area contributed by atoms with Crippen LogP contribution in [0, 0.1) is 0 Å². The number of carbonyl (C=O) groups is 1. The molecule has 1 aromatic rings. The van der Waals surface area contributed by atoms with Crippen LogP contribution >= 0.6 is 39.9 Å². The Labute approximate surface area is 169 Å². The van der Waals surface area contributed by atoms with Gasteiger partial charge in [-0.2, -0.15) is 0 Å². The number of methoxy groups -OCH3 is 1.